The number of amides is 1. The van der Waals surface area contributed by atoms with E-state index in [1.54, 1.807) is 0 Å². The number of hydrogen-bond acceptors (Lipinski definition) is 5. The van der Waals surface area contributed by atoms with E-state index in [0.29, 0.717) is 13.1 Å². The summed E-state index contributed by atoms with van der Waals surface area (Å²) in [4.78, 5) is 14.4. The van der Waals surface area contributed by atoms with Gasteiger partial charge in [0.2, 0.25) is 5.91 Å². The molecule has 116 valence electrons. The number of fused-ring (bicyclic) bond motifs is 1. The number of aromatic nitrogens is 3. The topological polar surface area (TPSA) is 72.3 Å². The van der Waals surface area contributed by atoms with E-state index in [-0.39, 0.29) is 18.1 Å². The highest BCUT2D eigenvalue weighted by Gasteiger charge is 2.27. The summed E-state index contributed by atoms with van der Waals surface area (Å²) in [6.07, 6.45) is 2.33. The second-order valence-corrected chi connectivity index (χ2v) is 5.84. The molecule has 2 aliphatic rings. The summed E-state index contributed by atoms with van der Waals surface area (Å²) in [6, 6.07) is -0.155. The van der Waals surface area contributed by atoms with Gasteiger partial charge in [-0.1, -0.05) is 0 Å². The van der Waals surface area contributed by atoms with Crippen LogP contribution >= 0.6 is 0 Å². The molecule has 3 heterocycles. The fourth-order valence-corrected chi connectivity index (χ4v) is 2.99. The summed E-state index contributed by atoms with van der Waals surface area (Å²) in [7, 11) is 0. The summed E-state index contributed by atoms with van der Waals surface area (Å²) in [6.45, 7) is 7.71. The SMILES string of the molecule is Cc1nnc2n1CCN(C(C)C(=O)NCC1CCCO1)C2. The lowest BCUT2D eigenvalue weighted by molar-refractivity contribution is -0.127. The molecule has 2 atom stereocenters. The Morgan fingerprint density at radius 1 is 1.48 bits per heavy atom. The molecule has 7 nitrogen and oxygen atoms in total. The van der Waals surface area contributed by atoms with Crippen LogP contribution in [0.4, 0.5) is 0 Å². The molecule has 0 spiro atoms. The van der Waals surface area contributed by atoms with Crippen LogP contribution in [-0.4, -0.2) is 57.4 Å². The molecule has 1 amide bonds. The van der Waals surface area contributed by atoms with Crippen LogP contribution in [0.3, 0.4) is 0 Å². The fourth-order valence-electron chi connectivity index (χ4n) is 2.99. The first-order chi connectivity index (χ1) is 10.1. The summed E-state index contributed by atoms with van der Waals surface area (Å²) < 4.78 is 7.65. The van der Waals surface area contributed by atoms with E-state index in [1.807, 2.05) is 13.8 Å². The molecule has 1 aromatic rings. The van der Waals surface area contributed by atoms with Crippen LogP contribution in [0.15, 0.2) is 0 Å². The summed E-state index contributed by atoms with van der Waals surface area (Å²) in [5.74, 6) is 1.95. The smallest absolute Gasteiger partial charge is 0.237 e. The van der Waals surface area contributed by atoms with Gasteiger partial charge in [-0.15, -0.1) is 10.2 Å². The third-order valence-corrected chi connectivity index (χ3v) is 4.42. The molecule has 2 unspecified atom stereocenters. The molecule has 21 heavy (non-hydrogen) atoms. The average molecular weight is 293 g/mol. The average Bonchev–Trinajstić information content (AvgIpc) is 3.14. The third kappa shape index (κ3) is 3.08. The van der Waals surface area contributed by atoms with Crippen LogP contribution in [0.1, 0.15) is 31.4 Å². The van der Waals surface area contributed by atoms with Gasteiger partial charge in [-0.25, -0.2) is 0 Å². The first-order valence-electron chi connectivity index (χ1n) is 7.67. The lowest BCUT2D eigenvalue weighted by Gasteiger charge is -2.32. The van der Waals surface area contributed by atoms with Gasteiger partial charge in [0, 0.05) is 26.2 Å². The molecule has 0 bridgehead atoms. The molecular formula is C14H23N5O2. The van der Waals surface area contributed by atoms with Gasteiger partial charge in [-0.05, 0) is 26.7 Å². The van der Waals surface area contributed by atoms with E-state index >= 15 is 0 Å². The Morgan fingerprint density at radius 2 is 2.33 bits per heavy atom. The summed E-state index contributed by atoms with van der Waals surface area (Å²) in [5, 5.41) is 11.3. The molecule has 0 aromatic carbocycles. The number of carbonyl (C=O) groups excluding carboxylic acids is 1. The monoisotopic (exact) mass is 293 g/mol. The van der Waals surface area contributed by atoms with Gasteiger partial charge in [0.15, 0.2) is 0 Å². The first-order valence-corrected chi connectivity index (χ1v) is 7.67. The van der Waals surface area contributed by atoms with Gasteiger partial charge in [0.1, 0.15) is 11.6 Å². The van der Waals surface area contributed by atoms with Crippen molar-refractivity contribution in [3.63, 3.8) is 0 Å². The van der Waals surface area contributed by atoms with Crippen LogP contribution < -0.4 is 5.32 Å². The highest BCUT2D eigenvalue weighted by Crippen LogP contribution is 2.15. The van der Waals surface area contributed by atoms with E-state index in [1.165, 1.54) is 0 Å². The van der Waals surface area contributed by atoms with Crippen molar-refractivity contribution in [2.45, 2.75) is 51.9 Å². The molecule has 2 aliphatic heterocycles. The first kappa shape index (κ1) is 14.5. The zero-order valence-electron chi connectivity index (χ0n) is 12.7. The normalized spacial score (nSPS) is 23.8. The van der Waals surface area contributed by atoms with Crippen LogP contribution in [0.2, 0.25) is 0 Å². The van der Waals surface area contributed by atoms with Crippen LogP contribution in [-0.2, 0) is 22.6 Å². The van der Waals surface area contributed by atoms with Crippen molar-refractivity contribution in [2.75, 3.05) is 19.7 Å². The Kier molecular flexibility index (Phi) is 4.21. The van der Waals surface area contributed by atoms with Gasteiger partial charge in [0.25, 0.3) is 0 Å². The lowest BCUT2D eigenvalue weighted by Crippen LogP contribution is -2.49. The minimum Gasteiger partial charge on any atom is -0.376 e. The van der Waals surface area contributed by atoms with Gasteiger partial charge in [-0.3, -0.25) is 9.69 Å². The van der Waals surface area contributed by atoms with Gasteiger partial charge in [0.05, 0.1) is 18.7 Å². The zero-order valence-corrected chi connectivity index (χ0v) is 12.7. The van der Waals surface area contributed by atoms with Gasteiger partial charge in [-0.2, -0.15) is 0 Å². The van der Waals surface area contributed by atoms with Crippen molar-refractivity contribution in [1.82, 2.24) is 25.0 Å². The van der Waals surface area contributed by atoms with E-state index in [4.69, 9.17) is 4.74 Å². The van der Waals surface area contributed by atoms with E-state index in [2.05, 4.69) is 25.0 Å². The molecule has 0 radical (unpaired) electrons. The Labute approximate surface area is 124 Å². The molecule has 1 aromatic heterocycles. The summed E-state index contributed by atoms with van der Waals surface area (Å²) in [5.41, 5.74) is 0. The summed E-state index contributed by atoms with van der Waals surface area (Å²) >= 11 is 0. The standard InChI is InChI=1S/C14H23N5O2/c1-10(14(20)15-8-12-4-3-7-21-12)18-5-6-19-11(2)16-17-13(19)9-18/h10,12H,3-9H2,1-2H3,(H,15,20). The molecule has 1 N–H and O–H groups in total. The maximum Gasteiger partial charge on any atom is 0.237 e. The number of nitrogens with one attached hydrogen (secondary N) is 1. The Morgan fingerprint density at radius 3 is 3.10 bits per heavy atom. The molecule has 7 heteroatoms. The van der Waals surface area contributed by atoms with Crippen LogP contribution in [0.25, 0.3) is 0 Å². The number of hydrogen-bond donors (Lipinski definition) is 1. The van der Waals surface area contributed by atoms with Crippen molar-refractivity contribution in [3.8, 4) is 0 Å². The Hall–Kier alpha value is -1.47. The van der Waals surface area contributed by atoms with E-state index in [9.17, 15) is 4.79 Å². The number of nitrogens with zero attached hydrogens (tertiary/aromatic N) is 4. The van der Waals surface area contributed by atoms with Gasteiger partial charge < -0.3 is 14.6 Å². The predicted molar refractivity (Wildman–Crippen MR) is 76.6 cm³/mol. The highest BCUT2D eigenvalue weighted by atomic mass is 16.5. The Bertz CT molecular complexity index is 509. The fraction of sp³-hybridized carbons (Fsp3) is 0.786. The molecule has 1 saturated heterocycles. The highest BCUT2D eigenvalue weighted by molar-refractivity contribution is 5.81. The van der Waals surface area contributed by atoms with Crippen molar-refractivity contribution in [2.24, 2.45) is 0 Å². The third-order valence-electron chi connectivity index (χ3n) is 4.42. The molecule has 0 saturated carbocycles. The quantitative estimate of drug-likeness (QED) is 0.851. The molecule has 1 fully saturated rings. The predicted octanol–water partition coefficient (Wildman–Crippen LogP) is 0.0858. The molecule has 3 rings (SSSR count). The number of carbonyl (C=O) groups is 1. The zero-order chi connectivity index (χ0) is 14.8. The number of rotatable bonds is 4. The lowest BCUT2D eigenvalue weighted by atomic mass is 10.2. The second kappa shape index (κ2) is 6.11. The number of ether oxygens (including phenoxy) is 1. The number of aryl methyl sites for hydroxylation is 1. The van der Waals surface area contributed by atoms with E-state index < -0.39 is 0 Å². The Balaban J connectivity index is 1.53. The largest absolute Gasteiger partial charge is 0.376 e. The molecule has 0 aliphatic carbocycles. The van der Waals surface area contributed by atoms with Crippen molar-refractivity contribution in [3.05, 3.63) is 11.6 Å². The van der Waals surface area contributed by atoms with Gasteiger partial charge >= 0.3 is 0 Å². The maximum atomic E-state index is 12.3. The maximum absolute atomic E-state index is 12.3. The van der Waals surface area contributed by atoms with Crippen molar-refractivity contribution in [1.29, 1.82) is 0 Å². The van der Waals surface area contributed by atoms with Crippen molar-refractivity contribution >= 4 is 5.91 Å². The van der Waals surface area contributed by atoms with Crippen molar-refractivity contribution < 1.29 is 9.53 Å². The second-order valence-electron chi connectivity index (χ2n) is 5.84. The van der Waals surface area contributed by atoms with Crippen LogP contribution in [0, 0.1) is 6.92 Å². The van der Waals surface area contributed by atoms with Crippen LogP contribution in [0.5, 0.6) is 0 Å². The molecular weight excluding hydrogens is 270 g/mol. The minimum absolute atomic E-state index is 0.0650. The van der Waals surface area contributed by atoms with E-state index in [0.717, 1.165) is 44.2 Å². The minimum atomic E-state index is -0.155.